The molecule has 3 heteroatoms. The van der Waals surface area contributed by atoms with Crippen molar-refractivity contribution in [3.63, 3.8) is 0 Å². The lowest BCUT2D eigenvalue weighted by atomic mass is 9.69. The Kier molecular flexibility index (Phi) is 1.86. The first kappa shape index (κ1) is 8.10. The highest BCUT2D eigenvalue weighted by atomic mass is 35.5. The van der Waals surface area contributed by atoms with Gasteiger partial charge in [-0.25, -0.2) is 0 Å². The molecular weight excluding hydrogens is 190 g/mol. The predicted molar refractivity (Wildman–Crippen MR) is 50.5 cm³/mol. The second-order valence-electron chi connectivity index (χ2n) is 3.15. The van der Waals surface area contributed by atoms with Crippen molar-refractivity contribution >= 4 is 22.9 Å². The van der Waals surface area contributed by atoms with Crippen molar-refractivity contribution in [1.82, 2.24) is 0 Å². The number of hydrogen-bond acceptors (Lipinski definition) is 2. The van der Waals surface area contributed by atoms with E-state index in [1.807, 2.05) is 12.1 Å². The van der Waals surface area contributed by atoms with Crippen molar-refractivity contribution in [3.05, 3.63) is 21.3 Å². The first-order valence-electron chi connectivity index (χ1n) is 3.94. The van der Waals surface area contributed by atoms with Crippen molar-refractivity contribution in [2.75, 3.05) is 0 Å². The molecule has 1 aromatic rings. The van der Waals surface area contributed by atoms with Crippen molar-refractivity contribution in [2.45, 2.75) is 24.7 Å². The number of halogens is 1. The van der Waals surface area contributed by atoms with Gasteiger partial charge in [0.2, 0.25) is 0 Å². The second-order valence-corrected chi connectivity index (χ2v) is 4.87. The second kappa shape index (κ2) is 2.76. The molecule has 0 amide bonds. The van der Waals surface area contributed by atoms with Gasteiger partial charge in [-0.3, -0.25) is 0 Å². The molecule has 0 radical (unpaired) electrons. The van der Waals surface area contributed by atoms with E-state index in [1.54, 1.807) is 0 Å². The van der Waals surface area contributed by atoms with Gasteiger partial charge in [0.05, 0.1) is 15.8 Å². The lowest BCUT2D eigenvalue weighted by molar-refractivity contribution is 0.330. The molecule has 1 aliphatic rings. The number of nitrogens with zero attached hydrogens (tertiary/aromatic N) is 1. The molecule has 0 N–H and O–H groups in total. The van der Waals surface area contributed by atoms with Crippen LogP contribution in [-0.4, -0.2) is 0 Å². The Morgan fingerprint density at radius 1 is 1.50 bits per heavy atom. The summed E-state index contributed by atoms with van der Waals surface area (Å²) in [5.74, 6) is 0. The van der Waals surface area contributed by atoms with Crippen LogP contribution < -0.4 is 0 Å². The van der Waals surface area contributed by atoms with E-state index in [2.05, 4.69) is 6.07 Å². The molecular formula is C9H8ClNS. The highest BCUT2D eigenvalue weighted by molar-refractivity contribution is 7.16. The van der Waals surface area contributed by atoms with Gasteiger partial charge in [-0.1, -0.05) is 11.6 Å². The molecule has 62 valence electrons. The fourth-order valence-corrected chi connectivity index (χ4v) is 2.75. The Labute approximate surface area is 80.6 Å². The fraction of sp³-hybridized carbons (Fsp3) is 0.444. The summed E-state index contributed by atoms with van der Waals surface area (Å²) in [7, 11) is 0. The number of nitriles is 1. The maximum Gasteiger partial charge on any atom is 0.0931 e. The molecule has 0 atom stereocenters. The van der Waals surface area contributed by atoms with E-state index in [0.29, 0.717) is 0 Å². The summed E-state index contributed by atoms with van der Waals surface area (Å²) in [6.45, 7) is 0. The summed E-state index contributed by atoms with van der Waals surface area (Å²) in [4.78, 5) is 1.14. The van der Waals surface area contributed by atoms with Crippen LogP contribution in [0.15, 0.2) is 12.1 Å². The van der Waals surface area contributed by atoms with Crippen LogP contribution in [0.4, 0.5) is 0 Å². The molecule has 1 aromatic heterocycles. The van der Waals surface area contributed by atoms with Gasteiger partial charge in [0.1, 0.15) is 0 Å². The minimum Gasteiger partial charge on any atom is -0.197 e. The van der Waals surface area contributed by atoms with Crippen LogP contribution >= 0.6 is 22.9 Å². The third-order valence-corrected chi connectivity index (χ3v) is 3.90. The third kappa shape index (κ3) is 1.05. The maximum absolute atomic E-state index is 9.01. The molecule has 0 bridgehead atoms. The van der Waals surface area contributed by atoms with Crippen molar-refractivity contribution in [2.24, 2.45) is 0 Å². The molecule has 2 rings (SSSR count). The third-order valence-electron chi connectivity index (χ3n) is 2.47. The van der Waals surface area contributed by atoms with Crippen molar-refractivity contribution < 1.29 is 0 Å². The molecule has 0 aromatic carbocycles. The summed E-state index contributed by atoms with van der Waals surface area (Å²) >= 11 is 7.35. The van der Waals surface area contributed by atoms with E-state index in [1.165, 1.54) is 17.8 Å². The summed E-state index contributed by atoms with van der Waals surface area (Å²) in [5.41, 5.74) is -0.183. The molecule has 1 heterocycles. The highest BCUT2D eigenvalue weighted by Gasteiger charge is 2.40. The summed E-state index contributed by atoms with van der Waals surface area (Å²) in [5, 5.41) is 9.01. The SMILES string of the molecule is N#CC1(c2ccc(Cl)s2)CCC1. The average molecular weight is 198 g/mol. The van der Waals surface area contributed by atoms with E-state index < -0.39 is 0 Å². The zero-order valence-corrected chi connectivity index (χ0v) is 8.08. The normalized spacial score (nSPS) is 19.7. The van der Waals surface area contributed by atoms with E-state index >= 15 is 0 Å². The van der Waals surface area contributed by atoms with Crippen LogP contribution in [0.1, 0.15) is 24.1 Å². The highest BCUT2D eigenvalue weighted by Crippen LogP contribution is 2.46. The van der Waals surface area contributed by atoms with Gasteiger partial charge < -0.3 is 0 Å². The summed E-state index contributed by atoms with van der Waals surface area (Å²) < 4.78 is 0.784. The summed E-state index contributed by atoms with van der Waals surface area (Å²) in [6, 6.07) is 6.25. The van der Waals surface area contributed by atoms with Crippen LogP contribution in [0.2, 0.25) is 4.34 Å². The Bertz CT molecular complexity index is 333. The zero-order chi connectivity index (χ0) is 8.60. The van der Waals surface area contributed by atoms with Gasteiger partial charge in [-0.15, -0.1) is 11.3 Å². The van der Waals surface area contributed by atoms with Gasteiger partial charge >= 0.3 is 0 Å². The van der Waals surface area contributed by atoms with E-state index in [9.17, 15) is 0 Å². The lowest BCUT2D eigenvalue weighted by Crippen LogP contribution is -2.31. The van der Waals surface area contributed by atoms with Gasteiger partial charge in [0, 0.05) is 4.88 Å². The molecule has 1 aliphatic carbocycles. The Morgan fingerprint density at radius 3 is 2.58 bits per heavy atom. The van der Waals surface area contributed by atoms with Gasteiger partial charge in [-0.2, -0.15) is 5.26 Å². The Morgan fingerprint density at radius 2 is 2.25 bits per heavy atom. The molecule has 0 spiro atoms. The van der Waals surface area contributed by atoms with Gasteiger partial charge in [0.25, 0.3) is 0 Å². The molecule has 0 aliphatic heterocycles. The number of thiophene rings is 1. The van der Waals surface area contributed by atoms with Crippen LogP contribution in [0.3, 0.4) is 0 Å². The minimum absolute atomic E-state index is 0.183. The molecule has 0 saturated heterocycles. The largest absolute Gasteiger partial charge is 0.197 e. The smallest absolute Gasteiger partial charge is 0.0931 e. The average Bonchev–Trinajstić information content (AvgIpc) is 2.35. The van der Waals surface area contributed by atoms with Crippen LogP contribution in [0, 0.1) is 11.3 Å². The number of hydrogen-bond donors (Lipinski definition) is 0. The topological polar surface area (TPSA) is 23.8 Å². The first-order valence-corrected chi connectivity index (χ1v) is 5.13. The molecule has 0 unspecified atom stereocenters. The van der Waals surface area contributed by atoms with Crippen molar-refractivity contribution in [3.8, 4) is 6.07 Å². The predicted octanol–water partition coefficient (Wildman–Crippen LogP) is 3.35. The maximum atomic E-state index is 9.01. The van der Waals surface area contributed by atoms with Gasteiger partial charge in [0.15, 0.2) is 0 Å². The lowest BCUT2D eigenvalue weighted by Gasteiger charge is -2.33. The fourth-order valence-electron chi connectivity index (χ4n) is 1.52. The van der Waals surface area contributed by atoms with Gasteiger partial charge in [-0.05, 0) is 31.4 Å². The summed E-state index contributed by atoms with van der Waals surface area (Å²) in [6.07, 6.45) is 3.17. The molecule has 12 heavy (non-hydrogen) atoms. The molecule has 1 fully saturated rings. The quantitative estimate of drug-likeness (QED) is 0.678. The monoisotopic (exact) mass is 197 g/mol. The Hall–Kier alpha value is -0.520. The molecule has 1 saturated carbocycles. The Balaban J connectivity index is 2.35. The zero-order valence-electron chi connectivity index (χ0n) is 6.51. The van der Waals surface area contributed by atoms with Crippen LogP contribution in [0.25, 0.3) is 0 Å². The first-order chi connectivity index (χ1) is 5.77. The standard InChI is InChI=1S/C9H8ClNS/c10-8-3-2-7(12-8)9(6-11)4-1-5-9/h2-3H,1,4-5H2. The van der Waals surface area contributed by atoms with Crippen molar-refractivity contribution in [1.29, 1.82) is 5.26 Å². The number of rotatable bonds is 1. The van der Waals surface area contributed by atoms with E-state index in [4.69, 9.17) is 16.9 Å². The van der Waals surface area contributed by atoms with E-state index in [-0.39, 0.29) is 5.41 Å². The molecule has 1 nitrogen and oxygen atoms in total. The van der Waals surface area contributed by atoms with Crippen LogP contribution in [0.5, 0.6) is 0 Å². The van der Waals surface area contributed by atoms with E-state index in [0.717, 1.165) is 22.1 Å². The van der Waals surface area contributed by atoms with Crippen LogP contribution in [-0.2, 0) is 5.41 Å². The minimum atomic E-state index is -0.183.